The van der Waals surface area contributed by atoms with E-state index in [1.54, 1.807) is 0 Å². The minimum atomic E-state index is 1.21. The van der Waals surface area contributed by atoms with Crippen molar-refractivity contribution in [3.63, 3.8) is 0 Å². The highest BCUT2D eigenvalue weighted by atomic mass is 15.8. The summed E-state index contributed by atoms with van der Waals surface area (Å²) in [6.07, 6.45) is 2.56. The average molecular weight is 128 g/mol. The Hall–Kier alpha value is -0.0800. The molecule has 1 rings (SSSR count). The number of rotatable bonds is 4. The molecule has 1 saturated heterocycles. The van der Waals surface area contributed by atoms with Crippen LogP contribution in [0.5, 0.6) is 0 Å². The van der Waals surface area contributed by atoms with Crippen molar-refractivity contribution < 1.29 is 0 Å². The van der Waals surface area contributed by atoms with Crippen molar-refractivity contribution >= 4 is 0 Å². The van der Waals surface area contributed by atoms with Crippen LogP contribution in [-0.4, -0.2) is 29.8 Å². The van der Waals surface area contributed by atoms with Gasteiger partial charge in [-0.3, -0.25) is 0 Å². The minimum Gasteiger partial charge on any atom is -0.225 e. The topological polar surface area (TPSA) is 6.02 Å². The van der Waals surface area contributed by atoms with Crippen molar-refractivity contribution in [1.29, 1.82) is 0 Å². The van der Waals surface area contributed by atoms with Crippen LogP contribution in [0.15, 0.2) is 0 Å². The lowest BCUT2D eigenvalue weighted by Gasteiger charge is -1.99. The molecule has 0 amide bonds. The Balaban J connectivity index is 1.96. The van der Waals surface area contributed by atoms with Gasteiger partial charge in [-0.1, -0.05) is 13.8 Å². The Morgan fingerprint density at radius 3 is 1.78 bits per heavy atom. The summed E-state index contributed by atoms with van der Waals surface area (Å²) in [6, 6.07) is 0. The molecule has 0 spiro atoms. The summed E-state index contributed by atoms with van der Waals surface area (Å²) in [5.41, 5.74) is 0. The smallest absolute Gasteiger partial charge is 0.0787 e. The largest absolute Gasteiger partial charge is 0.225 e. The lowest BCUT2D eigenvalue weighted by molar-refractivity contribution is 0.306. The summed E-state index contributed by atoms with van der Waals surface area (Å²) in [4.78, 5) is 0. The molecule has 9 heavy (non-hydrogen) atoms. The summed E-state index contributed by atoms with van der Waals surface area (Å²) in [5.74, 6) is 0. The molecule has 1 fully saturated rings. The molecule has 0 saturated carbocycles. The highest BCUT2D eigenvalue weighted by Gasteiger charge is 2.27. The van der Waals surface area contributed by atoms with Gasteiger partial charge in [-0.25, -0.2) is 10.0 Å². The lowest BCUT2D eigenvalue weighted by atomic mass is 10.5. The maximum absolute atomic E-state index is 2.39. The van der Waals surface area contributed by atoms with Gasteiger partial charge in [0, 0.05) is 13.1 Å². The van der Waals surface area contributed by atoms with Crippen LogP contribution in [-0.2, 0) is 0 Å². The van der Waals surface area contributed by atoms with E-state index in [2.05, 4.69) is 23.9 Å². The first kappa shape index (κ1) is 7.03. The van der Waals surface area contributed by atoms with E-state index in [1.165, 1.54) is 32.6 Å². The summed E-state index contributed by atoms with van der Waals surface area (Å²) >= 11 is 0. The summed E-state index contributed by atoms with van der Waals surface area (Å²) in [5, 5.41) is 4.78. The predicted molar refractivity (Wildman–Crippen MR) is 38.9 cm³/mol. The van der Waals surface area contributed by atoms with E-state index in [0.29, 0.717) is 0 Å². The van der Waals surface area contributed by atoms with Crippen LogP contribution in [0.1, 0.15) is 26.7 Å². The normalized spacial score (nSPS) is 32.7. The molecule has 2 nitrogen and oxygen atoms in total. The molecule has 2 heteroatoms. The molecule has 0 aromatic heterocycles. The van der Waals surface area contributed by atoms with Crippen molar-refractivity contribution in [2.24, 2.45) is 0 Å². The maximum atomic E-state index is 2.39. The number of nitrogens with zero attached hydrogens (tertiary/aromatic N) is 2. The van der Waals surface area contributed by atoms with Gasteiger partial charge in [0.05, 0.1) is 6.67 Å². The number of hydrazine groups is 1. The molecule has 0 aromatic carbocycles. The summed E-state index contributed by atoms with van der Waals surface area (Å²) in [6.45, 7) is 8.16. The van der Waals surface area contributed by atoms with E-state index >= 15 is 0 Å². The van der Waals surface area contributed by atoms with E-state index in [-0.39, 0.29) is 0 Å². The second-order valence-electron chi connectivity index (χ2n) is 2.60. The first-order valence-corrected chi connectivity index (χ1v) is 3.88. The molecule has 1 aliphatic heterocycles. The Morgan fingerprint density at radius 1 is 1.00 bits per heavy atom. The minimum absolute atomic E-state index is 1.21. The van der Waals surface area contributed by atoms with E-state index < -0.39 is 0 Å². The summed E-state index contributed by atoms with van der Waals surface area (Å²) in [7, 11) is 0. The fraction of sp³-hybridized carbons (Fsp3) is 1.00. The van der Waals surface area contributed by atoms with Crippen molar-refractivity contribution in [3.05, 3.63) is 0 Å². The van der Waals surface area contributed by atoms with Crippen molar-refractivity contribution in [3.8, 4) is 0 Å². The second-order valence-corrected chi connectivity index (χ2v) is 2.60. The molecule has 1 heterocycles. The van der Waals surface area contributed by atoms with Gasteiger partial charge in [0.25, 0.3) is 0 Å². The molecule has 0 radical (unpaired) electrons. The van der Waals surface area contributed by atoms with Crippen LogP contribution < -0.4 is 0 Å². The molecule has 2 atom stereocenters. The fourth-order valence-corrected chi connectivity index (χ4v) is 1.10. The molecule has 0 N–H and O–H groups in total. The van der Waals surface area contributed by atoms with Gasteiger partial charge in [0.15, 0.2) is 0 Å². The van der Waals surface area contributed by atoms with Gasteiger partial charge in [0.1, 0.15) is 0 Å². The second kappa shape index (κ2) is 3.18. The third-order valence-corrected chi connectivity index (χ3v) is 1.60. The SMILES string of the molecule is CCCN1CN1CCC. The zero-order chi connectivity index (χ0) is 6.69. The first-order chi connectivity index (χ1) is 4.38. The van der Waals surface area contributed by atoms with Gasteiger partial charge in [-0.05, 0) is 12.8 Å². The van der Waals surface area contributed by atoms with E-state index in [1.807, 2.05) is 0 Å². The van der Waals surface area contributed by atoms with Crippen LogP contribution in [0.3, 0.4) is 0 Å². The predicted octanol–water partition coefficient (Wildman–Crippen LogP) is 1.30. The Labute approximate surface area is 57.4 Å². The zero-order valence-corrected chi connectivity index (χ0v) is 6.43. The molecule has 0 bridgehead atoms. The third-order valence-electron chi connectivity index (χ3n) is 1.60. The zero-order valence-electron chi connectivity index (χ0n) is 6.43. The monoisotopic (exact) mass is 128 g/mol. The summed E-state index contributed by atoms with van der Waals surface area (Å²) < 4.78 is 0. The first-order valence-electron chi connectivity index (χ1n) is 3.88. The van der Waals surface area contributed by atoms with Crippen LogP contribution in [0.25, 0.3) is 0 Å². The van der Waals surface area contributed by atoms with Crippen molar-refractivity contribution in [1.82, 2.24) is 10.0 Å². The Morgan fingerprint density at radius 2 is 1.44 bits per heavy atom. The van der Waals surface area contributed by atoms with Gasteiger partial charge in [-0.15, -0.1) is 0 Å². The fourth-order valence-electron chi connectivity index (χ4n) is 1.10. The highest BCUT2D eigenvalue weighted by Crippen LogP contribution is 2.14. The molecule has 0 aromatic rings. The van der Waals surface area contributed by atoms with Gasteiger partial charge in [0.2, 0.25) is 0 Å². The van der Waals surface area contributed by atoms with Crippen molar-refractivity contribution in [2.75, 3.05) is 19.8 Å². The van der Waals surface area contributed by atoms with E-state index in [0.717, 1.165) is 0 Å². The third kappa shape index (κ3) is 1.95. The van der Waals surface area contributed by atoms with Crippen molar-refractivity contribution in [2.45, 2.75) is 26.7 Å². The average Bonchev–Trinajstić information content (AvgIpc) is 2.50. The quantitative estimate of drug-likeness (QED) is 0.526. The van der Waals surface area contributed by atoms with E-state index in [9.17, 15) is 0 Å². The molecular formula is C7H16N2. The van der Waals surface area contributed by atoms with Crippen LogP contribution in [0.4, 0.5) is 0 Å². The standard InChI is InChI=1S/C7H16N2/c1-3-5-8-7-9(8)6-4-2/h3-7H2,1-2H3. The molecule has 0 aliphatic carbocycles. The Bertz CT molecular complexity index is 73.0. The number of hydrogen-bond acceptors (Lipinski definition) is 2. The molecule has 54 valence electrons. The number of hydrogen-bond donors (Lipinski definition) is 0. The molecule has 2 unspecified atom stereocenters. The lowest BCUT2D eigenvalue weighted by Crippen LogP contribution is -2.08. The van der Waals surface area contributed by atoms with E-state index in [4.69, 9.17) is 0 Å². The van der Waals surface area contributed by atoms with Crippen LogP contribution >= 0.6 is 0 Å². The Kier molecular flexibility index (Phi) is 2.49. The van der Waals surface area contributed by atoms with Gasteiger partial charge >= 0.3 is 0 Å². The van der Waals surface area contributed by atoms with Gasteiger partial charge in [-0.2, -0.15) is 0 Å². The molecular weight excluding hydrogens is 112 g/mol. The van der Waals surface area contributed by atoms with Crippen LogP contribution in [0.2, 0.25) is 0 Å². The van der Waals surface area contributed by atoms with Gasteiger partial charge < -0.3 is 0 Å². The molecule has 1 aliphatic rings. The van der Waals surface area contributed by atoms with Crippen LogP contribution in [0, 0.1) is 0 Å². The highest BCUT2D eigenvalue weighted by molar-refractivity contribution is 4.66. The maximum Gasteiger partial charge on any atom is 0.0787 e.